The van der Waals surface area contributed by atoms with E-state index in [-0.39, 0.29) is 5.92 Å². The van der Waals surface area contributed by atoms with E-state index in [1.807, 2.05) is 5.32 Å². The Balaban J connectivity index is 2.39. The highest BCUT2D eigenvalue weighted by molar-refractivity contribution is 5.81. The van der Waals surface area contributed by atoms with E-state index in [1.54, 1.807) is 6.92 Å². The second kappa shape index (κ2) is 4.16. The molecule has 0 aromatic heterocycles. The zero-order valence-corrected chi connectivity index (χ0v) is 7.82. The molecule has 2 unspecified atom stereocenters. The van der Waals surface area contributed by atoms with Crippen LogP contribution in [0.4, 0.5) is 13.2 Å². The number of amides is 1. The zero-order valence-electron chi connectivity index (χ0n) is 7.82. The van der Waals surface area contributed by atoms with Gasteiger partial charge in [0.15, 0.2) is 0 Å². The Morgan fingerprint density at radius 1 is 1.57 bits per heavy atom. The number of carbonyl (C=O) groups is 1. The van der Waals surface area contributed by atoms with Crippen LogP contribution in [-0.4, -0.2) is 31.2 Å². The molecule has 3 nitrogen and oxygen atoms in total. The van der Waals surface area contributed by atoms with Crippen LogP contribution in [0, 0.1) is 5.92 Å². The van der Waals surface area contributed by atoms with Crippen LogP contribution in [0.3, 0.4) is 0 Å². The van der Waals surface area contributed by atoms with Crippen molar-refractivity contribution in [3.8, 4) is 0 Å². The van der Waals surface area contributed by atoms with E-state index < -0.39 is 18.1 Å². The molecule has 2 atom stereocenters. The molecule has 0 aromatic carbocycles. The summed E-state index contributed by atoms with van der Waals surface area (Å²) in [5.74, 6) is -1.75. The summed E-state index contributed by atoms with van der Waals surface area (Å²) in [7, 11) is 0. The summed E-state index contributed by atoms with van der Waals surface area (Å²) in [6, 6.07) is -0.431. The van der Waals surface area contributed by atoms with E-state index in [0.29, 0.717) is 6.54 Å². The molecule has 1 aliphatic rings. The first kappa shape index (κ1) is 11.3. The lowest BCUT2D eigenvalue weighted by molar-refractivity contribution is -0.174. The van der Waals surface area contributed by atoms with E-state index in [2.05, 4.69) is 5.32 Å². The van der Waals surface area contributed by atoms with Gasteiger partial charge >= 0.3 is 12.1 Å². The Morgan fingerprint density at radius 2 is 2.21 bits per heavy atom. The third-order valence-electron chi connectivity index (χ3n) is 2.42. The maximum absolute atomic E-state index is 11.9. The molecular formula is C8H13F3N2O. The van der Waals surface area contributed by atoms with Gasteiger partial charge < -0.3 is 10.6 Å². The molecule has 82 valence electrons. The van der Waals surface area contributed by atoms with Gasteiger partial charge in [-0.05, 0) is 32.4 Å². The van der Waals surface area contributed by atoms with Crippen LogP contribution < -0.4 is 10.6 Å². The molecule has 1 aliphatic heterocycles. The lowest BCUT2D eigenvalue weighted by Crippen LogP contribution is -2.45. The highest BCUT2D eigenvalue weighted by Gasteiger charge is 2.40. The van der Waals surface area contributed by atoms with Crippen LogP contribution in [0.2, 0.25) is 0 Å². The Labute approximate surface area is 80.0 Å². The average molecular weight is 210 g/mol. The molecule has 0 radical (unpaired) electrons. The Bertz CT molecular complexity index is 211. The quantitative estimate of drug-likeness (QED) is 0.703. The minimum atomic E-state index is -4.78. The minimum Gasteiger partial charge on any atom is -0.345 e. The van der Waals surface area contributed by atoms with Crippen molar-refractivity contribution in [2.45, 2.75) is 25.6 Å². The summed E-state index contributed by atoms with van der Waals surface area (Å²) in [5, 5.41) is 4.99. The van der Waals surface area contributed by atoms with Gasteiger partial charge in [0, 0.05) is 6.04 Å². The van der Waals surface area contributed by atoms with Crippen LogP contribution in [0.1, 0.15) is 13.3 Å². The monoisotopic (exact) mass is 210 g/mol. The van der Waals surface area contributed by atoms with Crippen LogP contribution >= 0.6 is 0 Å². The first-order valence-electron chi connectivity index (χ1n) is 4.49. The molecule has 0 bridgehead atoms. The predicted octanol–water partition coefficient (Wildman–Crippen LogP) is 0.663. The molecule has 1 fully saturated rings. The van der Waals surface area contributed by atoms with Gasteiger partial charge in [-0.3, -0.25) is 4.79 Å². The van der Waals surface area contributed by atoms with Gasteiger partial charge in [0.25, 0.3) is 0 Å². The van der Waals surface area contributed by atoms with Gasteiger partial charge in [0.05, 0.1) is 0 Å². The fourth-order valence-corrected chi connectivity index (χ4v) is 1.51. The molecule has 0 aliphatic carbocycles. The van der Waals surface area contributed by atoms with Gasteiger partial charge in [-0.25, -0.2) is 0 Å². The summed E-state index contributed by atoms with van der Waals surface area (Å²) >= 11 is 0. The Morgan fingerprint density at radius 3 is 2.64 bits per heavy atom. The second-order valence-corrected chi connectivity index (χ2v) is 3.51. The minimum absolute atomic E-state index is 0.0984. The van der Waals surface area contributed by atoms with Crippen molar-refractivity contribution in [2.75, 3.05) is 13.1 Å². The molecule has 1 heterocycles. The van der Waals surface area contributed by atoms with Crippen molar-refractivity contribution in [3.05, 3.63) is 0 Å². The van der Waals surface area contributed by atoms with Crippen molar-refractivity contribution in [1.82, 2.24) is 10.6 Å². The fourth-order valence-electron chi connectivity index (χ4n) is 1.51. The van der Waals surface area contributed by atoms with Gasteiger partial charge in [-0.2, -0.15) is 13.2 Å². The lowest BCUT2D eigenvalue weighted by atomic mass is 10.0. The molecule has 1 rings (SSSR count). The molecular weight excluding hydrogens is 197 g/mol. The third-order valence-corrected chi connectivity index (χ3v) is 2.42. The lowest BCUT2D eigenvalue weighted by Gasteiger charge is -2.20. The largest absolute Gasteiger partial charge is 0.471 e. The molecule has 0 saturated carbocycles. The average Bonchev–Trinajstić information content (AvgIpc) is 2.53. The molecule has 1 saturated heterocycles. The smallest absolute Gasteiger partial charge is 0.345 e. The maximum atomic E-state index is 11.9. The molecule has 14 heavy (non-hydrogen) atoms. The molecule has 0 spiro atoms. The summed E-state index contributed by atoms with van der Waals surface area (Å²) < 4.78 is 35.6. The first-order valence-corrected chi connectivity index (χ1v) is 4.49. The number of hydrogen-bond donors (Lipinski definition) is 2. The summed E-state index contributed by atoms with van der Waals surface area (Å²) in [6.45, 7) is 3.07. The van der Waals surface area contributed by atoms with Crippen molar-refractivity contribution < 1.29 is 18.0 Å². The van der Waals surface area contributed by atoms with Gasteiger partial charge in [0.1, 0.15) is 0 Å². The predicted molar refractivity (Wildman–Crippen MR) is 44.6 cm³/mol. The number of alkyl halides is 3. The normalized spacial score (nSPS) is 24.7. The van der Waals surface area contributed by atoms with E-state index in [1.165, 1.54) is 0 Å². The number of hydrogen-bond acceptors (Lipinski definition) is 2. The van der Waals surface area contributed by atoms with Gasteiger partial charge in [-0.1, -0.05) is 0 Å². The van der Waals surface area contributed by atoms with Crippen molar-refractivity contribution in [1.29, 1.82) is 0 Å². The van der Waals surface area contributed by atoms with E-state index in [4.69, 9.17) is 0 Å². The van der Waals surface area contributed by atoms with Crippen molar-refractivity contribution >= 4 is 5.91 Å². The summed E-state index contributed by atoms with van der Waals surface area (Å²) in [4.78, 5) is 10.6. The van der Waals surface area contributed by atoms with E-state index >= 15 is 0 Å². The molecule has 6 heteroatoms. The van der Waals surface area contributed by atoms with E-state index in [9.17, 15) is 18.0 Å². The first-order chi connectivity index (χ1) is 6.41. The SMILES string of the molecule is CC(NC(=O)C(F)(F)F)C1CCNC1. The molecule has 2 N–H and O–H groups in total. The van der Waals surface area contributed by atoms with Crippen molar-refractivity contribution in [2.24, 2.45) is 5.92 Å². The van der Waals surface area contributed by atoms with Crippen LogP contribution in [0.15, 0.2) is 0 Å². The highest BCUT2D eigenvalue weighted by Crippen LogP contribution is 2.17. The van der Waals surface area contributed by atoms with Crippen molar-refractivity contribution in [3.63, 3.8) is 0 Å². The summed E-state index contributed by atoms with van der Waals surface area (Å²) in [6.07, 6.45) is -3.97. The number of halogens is 3. The van der Waals surface area contributed by atoms with Gasteiger partial charge in [-0.15, -0.1) is 0 Å². The van der Waals surface area contributed by atoms with Crippen LogP contribution in [0.25, 0.3) is 0 Å². The van der Waals surface area contributed by atoms with E-state index in [0.717, 1.165) is 13.0 Å². The van der Waals surface area contributed by atoms with Crippen LogP contribution in [-0.2, 0) is 4.79 Å². The fraction of sp³-hybridized carbons (Fsp3) is 0.875. The van der Waals surface area contributed by atoms with Gasteiger partial charge in [0.2, 0.25) is 0 Å². The molecule has 1 amide bonds. The number of rotatable bonds is 2. The second-order valence-electron chi connectivity index (χ2n) is 3.51. The number of carbonyl (C=O) groups excluding carboxylic acids is 1. The zero-order chi connectivity index (χ0) is 10.8. The maximum Gasteiger partial charge on any atom is 0.471 e. The third kappa shape index (κ3) is 2.87. The molecule has 0 aromatic rings. The van der Waals surface area contributed by atoms with Crippen LogP contribution in [0.5, 0.6) is 0 Å². The Kier molecular flexibility index (Phi) is 3.36. The summed E-state index contributed by atoms with van der Waals surface area (Å²) in [5.41, 5.74) is 0. The Hall–Kier alpha value is -0.780. The number of nitrogens with one attached hydrogen (secondary N) is 2. The standard InChI is InChI=1S/C8H13F3N2O/c1-5(6-2-3-12-4-6)13-7(14)8(9,10)11/h5-6,12H,2-4H2,1H3,(H,13,14). The highest BCUT2D eigenvalue weighted by atomic mass is 19.4. The topological polar surface area (TPSA) is 41.1 Å².